The average Bonchev–Trinajstić information content (AvgIpc) is 2.11. The van der Waals surface area contributed by atoms with Crippen LogP contribution in [0.1, 0.15) is 32.6 Å². The second-order valence-corrected chi connectivity index (χ2v) is 3.22. The van der Waals surface area contributed by atoms with Crippen molar-refractivity contribution < 1.29 is 14.7 Å². The summed E-state index contributed by atoms with van der Waals surface area (Å²) in [6.07, 6.45) is 3.74. The monoisotopic (exact) mass is 187 g/mol. The van der Waals surface area contributed by atoms with Gasteiger partial charge >= 0.3 is 5.97 Å². The molecule has 1 unspecified atom stereocenters. The lowest BCUT2D eigenvalue weighted by Crippen LogP contribution is -2.32. The minimum Gasteiger partial charge on any atom is -0.480 e. The van der Waals surface area contributed by atoms with Crippen molar-refractivity contribution in [2.45, 2.75) is 38.6 Å². The topological polar surface area (TPSA) is 80.4 Å². The second-order valence-electron chi connectivity index (χ2n) is 3.22. The van der Waals surface area contributed by atoms with Crippen molar-refractivity contribution in [3.63, 3.8) is 0 Å². The normalized spacial score (nSPS) is 14.9. The lowest BCUT2D eigenvalue weighted by atomic mass is 9.96. The minimum atomic E-state index is -1.04. The molecule has 0 aromatic carbocycles. The molecule has 0 heterocycles. The molecule has 0 bridgehead atoms. The Kier molecular flexibility index (Phi) is 6.14. The third-order valence-corrected chi connectivity index (χ3v) is 1.99. The summed E-state index contributed by atoms with van der Waals surface area (Å²) in [5, 5.41) is 8.51. The van der Waals surface area contributed by atoms with E-state index in [2.05, 4.69) is 0 Å². The van der Waals surface area contributed by atoms with Gasteiger partial charge in [-0.1, -0.05) is 19.8 Å². The maximum absolute atomic E-state index is 10.5. The van der Waals surface area contributed by atoms with E-state index in [9.17, 15) is 9.59 Å². The Morgan fingerprint density at radius 3 is 2.62 bits per heavy atom. The molecular formula is C9H17NO3. The molecule has 0 rings (SSSR count). The summed E-state index contributed by atoms with van der Waals surface area (Å²) in [6, 6.07) is -0.910. The summed E-state index contributed by atoms with van der Waals surface area (Å²) in [5.41, 5.74) is 5.31. The average molecular weight is 187 g/mol. The molecule has 4 heteroatoms. The third-order valence-electron chi connectivity index (χ3n) is 1.99. The molecule has 76 valence electrons. The van der Waals surface area contributed by atoms with Gasteiger partial charge in [0.2, 0.25) is 0 Å². The molecule has 0 fully saturated rings. The predicted octanol–water partition coefficient (Wildman–Crippen LogP) is 0.794. The summed E-state index contributed by atoms with van der Waals surface area (Å²) in [7, 11) is 0. The molecule has 0 aliphatic carbocycles. The van der Waals surface area contributed by atoms with Gasteiger partial charge in [-0.3, -0.25) is 4.79 Å². The van der Waals surface area contributed by atoms with Gasteiger partial charge < -0.3 is 15.6 Å². The number of carbonyl (C=O) groups excluding carboxylic acids is 1. The first-order valence-corrected chi connectivity index (χ1v) is 4.55. The van der Waals surface area contributed by atoms with Crippen LogP contribution >= 0.6 is 0 Å². The summed E-state index contributed by atoms with van der Waals surface area (Å²) in [5.74, 6) is -1.24. The first-order valence-electron chi connectivity index (χ1n) is 4.55. The van der Waals surface area contributed by atoms with Crippen molar-refractivity contribution in [1.82, 2.24) is 0 Å². The summed E-state index contributed by atoms with van der Waals surface area (Å²) in [4.78, 5) is 20.9. The van der Waals surface area contributed by atoms with Crippen molar-refractivity contribution in [3.05, 3.63) is 0 Å². The van der Waals surface area contributed by atoms with E-state index in [4.69, 9.17) is 10.8 Å². The highest BCUT2D eigenvalue weighted by Crippen LogP contribution is 2.11. The van der Waals surface area contributed by atoms with E-state index in [0.29, 0.717) is 0 Å². The number of hydrogen-bond donors (Lipinski definition) is 2. The third kappa shape index (κ3) is 5.36. The molecule has 2 atom stereocenters. The number of nitrogens with two attached hydrogens (primary N) is 1. The van der Waals surface area contributed by atoms with Crippen LogP contribution in [-0.4, -0.2) is 23.4 Å². The first kappa shape index (κ1) is 12.1. The SMILES string of the molecule is CCCCC(C=O)C[C@H](N)C(=O)O. The number of unbranched alkanes of at least 4 members (excludes halogenated alkanes) is 1. The van der Waals surface area contributed by atoms with Crippen LogP contribution in [0.15, 0.2) is 0 Å². The van der Waals surface area contributed by atoms with Crippen molar-refractivity contribution in [1.29, 1.82) is 0 Å². The maximum Gasteiger partial charge on any atom is 0.320 e. The second kappa shape index (κ2) is 6.60. The highest BCUT2D eigenvalue weighted by molar-refractivity contribution is 5.73. The fourth-order valence-electron chi connectivity index (χ4n) is 1.13. The standard InChI is InChI=1S/C9H17NO3/c1-2-3-4-7(6-11)5-8(10)9(12)13/h6-8H,2-5,10H2,1H3,(H,12,13)/t7?,8-/m0/s1. The van der Waals surface area contributed by atoms with Crippen molar-refractivity contribution in [2.75, 3.05) is 0 Å². The van der Waals surface area contributed by atoms with E-state index < -0.39 is 12.0 Å². The molecule has 3 N–H and O–H groups in total. The van der Waals surface area contributed by atoms with Gasteiger partial charge in [0.1, 0.15) is 12.3 Å². The van der Waals surface area contributed by atoms with Gasteiger partial charge in [-0.05, 0) is 12.8 Å². The van der Waals surface area contributed by atoms with Gasteiger partial charge in [0.25, 0.3) is 0 Å². The van der Waals surface area contributed by atoms with E-state index in [1.807, 2.05) is 6.92 Å². The zero-order chi connectivity index (χ0) is 10.3. The van der Waals surface area contributed by atoms with E-state index >= 15 is 0 Å². The van der Waals surface area contributed by atoms with Gasteiger partial charge in [-0.2, -0.15) is 0 Å². The molecular weight excluding hydrogens is 170 g/mol. The Balaban J connectivity index is 3.82. The predicted molar refractivity (Wildman–Crippen MR) is 49.3 cm³/mol. The van der Waals surface area contributed by atoms with E-state index in [1.54, 1.807) is 0 Å². The van der Waals surface area contributed by atoms with Crippen molar-refractivity contribution >= 4 is 12.3 Å². The molecule has 0 spiro atoms. The van der Waals surface area contributed by atoms with E-state index in [1.165, 1.54) is 0 Å². The Hall–Kier alpha value is -0.900. The number of rotatable bonds is 7. The number of aliphatic carboxylic acids is 1. The van der Waals surface area contributed by atoms with E-state index in [0.717, 1.165) is 25.5 Å². The molecule has 0 aromatic rings. The van der Waals surface area contributed by atoms with Crippen molar-refractivity contribution in [2.24, 2.45) is 11.7 Å². The molecule has 0 aliphatic heterocycles. The number of carbonyl (C=O) groups is 2. The highest BCUT2D eigenvalue weighted by Gasteiger charge is 2.17. The molecule has 13 heavy (non-hydrogen) atoms. The number of carboxylic acids is 1. The zero-order valence-corrected chi connectivity index (χ0v) is 7.90. The fraction of sp³-hybridized carbons (Fsp3) is 0.778. The minimum absolute atomic E-state index is 0.203. The lowest BCUT2D eigenvalue weighted by molar-refractivity contribution is -0.139. The van der Waals surface area contributed by atoms with Crippen LogP contribution < -0.4 is 5.73 Å². The lowest BCUT2D eigenvalue weighted by Gasteiger charge is -2.11. The molecule has 0 saturated heterocycles. The number of carboxylic acid groups (broad SMARTS) is 1. The summed E-state index contributed by atoms with van der Waals surface area (Å²) >= 11 is 0. The van der Waals surface area contributed by atoms with Crippen LogP contribution in [0.5, 0.6) is 0 Å². The number of aldehydes is 1. The molecule has 4 nitrogen and oxygen atoms in total. The molecule has 0 radical (unpaired) electrons. The van der Waals surface area contributed by atoms with Crippen LogP contribution in [0.2, 0.25) is 0 Å². The quantitative estimate of drug-likeness (QED) is 0.577. The molecule has 0 aliphatic rings. The van der Waals surface area contributed by atoms with Gasteiger partial charge in [-0.15, -0.1) is 0 Å². The molecule has 0 aromatic heterocycles. The zero-order valence-electron chi connectivity index (χ0n) is 7.90. The van der Waals surface area contributed by atoms with Crippen molar-refractivity contribution in [3.8, 4) is 0 Å². The van der Waals surface area contributed by atoms with E-state index in [-0.39, 0.29) is 12.3 Å². The van der Waals surface area contributed by atoms with Gasteiger partial charge in [0, 0.05) is 5.92 Å². The van der Waals surface area contributed by atoms with Crippen LogP contribution in [0.3, 0.4) is 0 Å². The molecule has 0 saturated carbocycles. The van der Waals surface area contributed by atoms with Gasteiger partial charge in [0.05, 0.1) is 0 Å². The van der Waals surface area contributed by atoms with Crippen LogP contribution in [-0.2, 0) is 9.59 Å². The number of hydrogen-bond acceptors (Lipinski definition) is 3. The fourth-order valence-corrected chi connectivity index (χ4v) is 1.13. The Labute approximate surface area is 78.1 Å². The highest BCUT2D eigenvalue weighted by atomic mass is 16.4. The Morgan fingerprint density at radius 2 is 2.23 bits per heavy atom. The molecule has 0 amide bonds. The smallest absolute Gasteiger partial charge is 0.320 e. The van der Waals surface area contributed by atoms with Crippen LogP contribution in [0, 0.1) is 5.92 Å². The maximum atomic E-state index is 10.5. The Bertz CT molecular complexity index is 170. The Morgan fingerprint density at radius 1 is 1.62 bits per heavy atom. The van der Waals surface area contributed by atoms with Gasteiger partial charge in [0.15, 0.2) is 0 Å². The van der Waals surface area contributed by atoms with Crippen LogP contribution in [0.4, 0.5) is 0 Å². The first-order chi connectivity index (χ1) is 6.11. The largest absolute Gasteiger partial charge is 0.480 e. The summed E-state index contributed by atoms with van der Waals surface area (Å²) < 4.78 is 0. The summed E-state index contributed by atoms with van der Waals surface area (Å²) in [6.45, 7) is 2.03. The van der Waals surface area contributed by atoms with Crippen LogP contribution in [0.25, 0.3) is 0 Å². The van der Waals surface area contributed by atoms with Gasteiger partial charge in [-0.25, -0.2) is 0 Å².